The monoisotopic (exact) mass is 293 g/mol. The van der Waals surface area contributed by atoms with Crippen molar-refractivity contribution in [2.75, 3.05) is 13.1 Å². The van der Waals surface area contributed by atoms with E-state index in [-0.39, 0.29) is 0 Å². The van der Waals surface area contributed by atoms with E-state index >= 15 is 0 Å². The molecule has 1 saturated heterocycles. The van der Waals surface area contributed by atoms with Crippen LogP contribution in [-0.2, 0) is 12.8 Å². The second-order valence-electron chi connectivity index (χ2n) is 5.37. The second-order valence-corrected chi connectivity index (χ2v) is 6.23. The maximum Gasteiger partial charge on any atom is 0.0212 e. The van der Waals surface area contributed by atoms with Gasteiger partial charge in [0.05, 0.1) is 0 Å². The molecule has 17 heavy (non-hydrogen) atoms. The smallest absolute Gasteiger partial charge is 0.0212 e. The van der Waals surface area contributed by atoms with Crippen LogP contribution in [0.4, 0.5) is 0 Å². The predicted octanol–water partition coefficient (Wildman–Crippen LogP) is 3.79. The van der Waals surface area contributed by atoms with Crippen molar-refractivity contribution in [3.8, 4) is 0 Å². The summed E-state index contributed by atoms with van der Waals surface area (Å²) in [5, 5.41) is 3.45. The van der Waals surface area contributed by atoms with Gasteiger partial charge in [0.15, 0.2) is 0 Å². The first-order valence-electron chi connectivity index (χ1n) is 6.86. The Bertz CT molecular complexity index is 408. The van der Waals surface area contributed by atoms with Crippen molar-refractivity contribution in [3.63, 3.8) is 0 Å². The highest BCUT2D eigenvalue weighted by atomic mass is 79.9. The average molecular weight is 294 g/mol. The van der Waals surface area contributed by atoms with Crippen LogP contribution in [0, 0.1) is 0 Å². The van der Waals surface area contributed by atoms with Gasteiger partial charge in [-0.2, -0.15) is 0 Å². The zero-order valence-electron chi connectivity index (χ0n) is 10.3. The van der Waals surface area contributed by atoms with Crippen LogP contribution in [0.3, 0.4) is 0 Å². The summed E-state index contributed by atoms with van der Waals surface area (Å²) in [4.78, 5) is 0. The van der Waals surface area contributed by atoms with Crippen molar-refractivity contribution in [2.45, 2.75) is 44.4 Å². The van der Waals surface area contributed by atoms with Crippen molar-refractivity contribution in [1.29, 1.82) is 0 Å². The van der Waals surface area contributed by atoms with E-state index in [1.54, 1.807) is 16.7 Å². The first kappa shape index (κ1) is 11.7. The van der Waals surface area contributed by atoms with E-state index in [1.807, 2.05) is 0 Å². The molecule has 2 aliphatic rings. The van der Waals surface area contributed by atoms with Crippen molar-refractivity contribution in [3.05, 3.63) is 33.3 Å². The van der Waals surface area contributed by atoms with Gasteiger partial charge in [-0.1, -0.05) is 22.0 Å². The second kappa shape index (κ2) is 5.11. The summed E-state index contributed by atoms with van der Waals surface area (Å²) < 4.78 is 1.36. The van der Waals surface area contributed by atoms with Gasteiger partial charge in [-0.25, -0.2) is 0 Å². The van der Waals surface area contributed by atoms with Crippen LogP contribution >= 0.6 is 15.9 Å². The van der Waals surface area contributed by atoms with E-state index in [2.05, 4.69) is 33.4 Å². The molecule has 3 rings (SSSR count). The Morgan fingerprint density at radius 3 is 2.65 bits per heavy atom. The van der Waals surface area contributed by atoms with Crippen LogP contribution in [0.15, 0.2) is 16.6 Å². The third-order valence-corrected chi connectivity index (χ3v) is 4.95. The lowest BCUT2D eigenvalue weighted by Gasteiger charge is -2.26. The number of hydrogen-bond acceptors (Lipinski definition) is 1. The zero-order valence-corrected chi connectivity index (χ0v) is 11.9. The van der Waals surface area contributed by atoms with E-state index in [0.717, 1.165) is 5.92 Å². The number of fused-ring (bicyclic) bond motifs is 1. The molecule has 0 spiro atoms. The number of rotatable bonds is 1. The largest absolute Gasteiger partial charge is 0.317 e. The van der Waals surface area contributed by atoms with E-state index in [4.69, 9.17) is 0 Å². The molecule has 0 aromatic heterocycles. The lowest BCUT2D eigenvalue weighted by atomic mass is 9.84. The maximum absolute atomic E-state index is 3.78. The zero-order chi connectivity index (χ0) is 11.7. The molecule has 0 amide bonds. The minimum atomic E-state index is 0.778. The minimum Gasteiger partial charge on any atom is -0.317 e. The van der Waals surface area contributed by atoms with E-state index < -0.39 is 0 Å². The van der Waals surface area contributed by atoms with Gasteiger partial charge in [-0.15, -0.1) is 0 Å². The molecule has 1 aliphatic heterocycles. The number of hydrogen-bond donors (Lipinski definition) is 1. The summed E-state index contributed by atoms with van der Waals surface area (Å²) in [5.41, 5.74) is 4.76. The molecule has 0 atom stereocenters. The number of piperidine rings is 1. The van der Waals surface area contributed by atoms with Crippen LogP contribution in [0.1, 0.15) is 48.3 Å². The molecule has 1 nitrogen and oxygen atoms in total. The standard InChI is InChI=1S/C15H20BrN/c16-15-10-13(11-5-7-17-8-6-11)9-12-3-1-2-4-14(12)15/h9-11,17H,1-8H2. The molecule has 0 radical (unpaired) electrons. The number of halogens is 1. The molecule has 1 aliphatic carbocycles. The molecular weight excluding hydrogens is 274 g/mol. The van der Waals surface area contributed by atoms with Crippen molar-refractivity contribution in [1.82, 2.24) is 5.32 Å². The number of nitrogens with one attached hydrogen (secondary N) is 1. The van der Waals surface area contributed by atoms with E-state index in [0.29, 0.717) is 0 Å². The van der Waals surface area contributed by atoms with Crippen molar-refractivity contribution >= 4 is 15.9 Å². The van der Waals surface area contributed by atoms with Crippen LogP contribution in [0.2, 0.25) is 0 Å². The Morgan fingerprint density at radius 1 is 1.06 bits per heavy atom. The SMILES string of the molecule is Brc1cc(C2CCNCC2)cc2c1CCCC2. The van der Waals surface area contributed by atoms with Gasteiger partial charge >= 0.3 is 0 Å². The van der Waals surface area contributed by atoms with Gasteiger partial charge in [-0.3, -0.25) is 0 Å². The lowest BCUT2D eigenvalue weighted by Crippen LogP contribution is -2.26. The fraction of sp³-hybridized carbons (Fsp3) is 0.600. The Kier molecular flexibility index (Phi) is 3.53. The van der Waals surface area contributed by atoms with Crippen LogP contribution < -0.4 is 5.32 Å². The fourth-order valence-electron chi connectivity index (χ4n) is 3.23. The first-order chi connectivity index (χ1) is 8.34. The molecule has 1 heterocycles. The quantitative estimate of drug-likeness (QED) is 0.831. The van der Waals surface area contributed by atoms with Gasteiger partial charge in [0, 0.05) is 4.47 Å². The van der Waals surface area contributed by atoms with Gasteiger partial charge in [0.2, 0.25) is 0 Å². The normalized spacial score (nSPS) is 21.2. The number of aryl methyl sites for hydroxylation is 1. The lowest BCUT2D eigenvalue weighted by molar-refractivity contribution is 0.459. The summed E-state index contributed by atoms with van der Waals surface area (Å²) in [7, 11) is 0. The molecular formula is C15H20BrN. The van der Waals surface area contributed by atoms with Crippen LogP contribution in [0.25, 0.3) is 0 Å². The van der Waals surface area contributed by atoms with Gasteiger partial charge < -0.3 is 5.32 Å². The van der Waals surface area contributed by atoms with E-state index in [1.165, 1.54) is 56.1 Å². The molecule has 1 aromatic carbocycles. The molecule has 0 unspecified atom stereocenters. The summed E-state index contributed by atoms with van der Waals surface area (Å²) in [5.74, 6) is 0.778. The fourth-order valence-corrected chi connectivity index (χ4v) is 3.95. The van der Waals surface area contributed by atoms with E-state index in [9.17, 15) is 0 Å². The first-order valence-corrected chi connectivity index (χ1v) is 7.66. The summed E-state index contributed by atoms with van der Waals surface area (Å²) >= 11 is 3.78. The minimum absolute atomic E-state index is 0.778. The molecule has 0 bridgehead atoms. The highest BCUT2D eigenvalue weighted by Gasteiger charge is 2.19. The van der Waals surface area contributed by atoms with Crippen LogP contribution in [0.5, 0.6) is 0 Å². The maximum atomic E-state index is 3.78. The number of benzene rings is 1. The van der Waals surface area contributed by atoms with Gasteiger partial charge in [0.25, 0.3) is 0 Å². The summed E-state index contributed by atoms with van der Waals surface area (Å²) in [6, 6.07) is 4.88. The Balaban J connectivity index is 1.92. The predicted molar refractivity (Wildman–Crippen MR) is 75.6 cm³/mol. The topological polar surface area (TPSA) is 12.0 Å². The van der Waals surface area contributed by atoms with Crippen molar-refractivity contribution in [2.24, 2.45) is 0 Å². The highest BCUT2D eigenvalue weighted by molar-refractivity contribution is 9.10. The Hall–Kier alpha value is -0.340. The van der Waals surface area contributed by atoms with Crippen LogP contribution in [-0.4, -0.2) is 13.1 Å². The molecule has 2 heteroatoms. The molecule has 92 valence electrons. The van der Waals surface area contributed by atoms with Gasteiger partial charge in [-0.05, 0) is 80.3 Å². The third-order valence-electron chi connectivity index (χ3n) is 4.24. The highest BCUT2D eigenvalue weighted by Crippen LogP contribution is 2.34. The molecule has 1 N–H and O–H groups in total. The summed E-state index contributed by atoms with van der Waals surface area (Å²) in [6.45, 7) is 2.36. The molecule has 1 fully saturated rings. The summed E-state index contributed by atoms with van der Waals surface area (Å²) in [6.07, 6.45) is 7.87. The Labute approximate surface area is 112 Å². The average Bonchev–Trinajstić information content (AvgIpc) is 2.40. The van der Waals surface area contributed by atoms with Gasteiger partial charge in [0.1, 0.15) is 0 Å². The van der Waals surface area contributed by atoms with Crippen molar-refractivity contribution < 1.29 is 0 Å². The third kappa shape index (κ3) is 2.43. The molecule has 1 aromatic rings. The molecule has 0 saturated carbocycles. The Morgan fingerprint density at radius 2 is 1.82 bits per heavy atom.